The van der Waals surface area contributed by atoms with Crippen LogP contribution in [-0.4, -0.2) is 30.6 Å². The van der Waals surface area contributed by atoms with Gasteiger partial charge in [-0.1, -0.05) is 36.4 Å². The predicted octanol–water partition coefficient (Wildman–Crippen LogP) is 4.43. The molecule has 30 heavy (non-hydrogen) atoms. The average molecular weight is 407 g/mol. The van der Waals surface area contributed by atoms with Gasteiger partial charge in [0.15, 0.2) is 6.29 Å². The highest BCUT2D eigenvalue weighted by Gasteiger charge is 2.17. The predicted molar refractivity (Wildman–Crippen MR) is 115 cm³/mol. The highest BCUT2D eigenvalue weighted by atomic mass is 16.7. The summed E-state index contributed by atoms with van der Waals surface area (Å²) in [5, 5.41) is 11.3. The molecule has 0 saturated carbocycles. The number of hydrogen-bond acceptors (Lipinski definition) is 6. The van der Waals surface area contributed by atoms with Crippen molar-refractivity contribution in [1.82, 2.24) is 0 Å². The summed E-state index contributed by atoms with van der Waals surface area (Å²) in [5.74, 6) is 0.282. The summed E-state index contributed by atoms with van der Waals surface area (Å²) in [4.78, 5) is 12.6. The van der Waals surface area contributed by atoms with E-state index >= 15 is 0 Å². The molecule has 156 valence electrons. The van der Waals surface area contributed by atoms with E-state index in [4.69, 9.17) is 19.9 Å². The Balaban J connectivity index is 1.35. The number of phenols is 1. The Kier molecular flexibility index (Phi) is 6.05. The second kappa shape index (κ2) is 9.05. The first kappa shape index (κ1) is 20.0. The first-order chi connectivity index (χ1) is 14.6. The number of nitrogen functional groups attached to an aromatic ring is 1. The van der Waals surface area contributed by atoms with Crippen molar-refractivity contribution in [2.45, 2.75) is 32.0 Å². The van der Waals surface area contributed by atoms with Crippen LogP contribution in [0.1, 0.15) is 35.2 Å². The molecule has 4 rings (SSSR count). The zero-order valence-electron chi connectivity index (χ0n) is 16.7. The van der Waals surface area contributed by atoms with E-state index in [1.165, 1.54) is 6.07 Å². The number of ether oxygens (including phenoxy) is 3. The van der Waals surface area contributed by atoms with Gasteiger partial charge >= 0.3 is 5.97 Å². The Morgan fingerprint density at radius 2 is 1.87 bits per heavy atom. The fraction of sp³-hybridized carbons (Fsp3) is 0.292. The summed E-state index contributed by atoms with van der Waals surface area (Å²) in [6.45, 7) is 0.982. The van der Waals surface area contributed by atoms with Gasteiger partial charge in [0, 0.05) is 23.6 Å². The number of esters is 1. The number of carbonyl (C=O) groups is 1. The quantitative estimate of drug-likeness (QED) is 0.357. The molecule has 1 fully saturated rings. The lowest BCUT2D eigenvalue weighted by Gasteiger charge is -2.23. The fourth-order valence-electron chi connectivity index (χ4n) is 3.58. The molecule has 0 aromatic heterocycles. The second-order valence-corrected chi connectivity index (χ2v) is 7.35. The summed E-state index contributed by atoms with van der Waals surface area (Å²) in [7, 11) is 0. The third kappa shape index (κ3) is 4.49. The van der Waals surface area contributed by atoms with Crippen molar-refractivity contribution in [2.75, 3.05) is 18.9 Å². The maximum Gasteiger partial charge on any atom is 0.338 e. The molecule has 1 unspecified atom stereocenters. The van der Waals surface area contributed by atoms with Crippen LogP contribution in [0, 0.1) is 0 Å². The smallest absolute Gasteiger partial charge is 0.338 e. The number of phenolic OH excluding ortho intramolecular Hbond substituents is 1. The number of nitrogens with two attached hydrogens (primary N) is 1. The van der Waals surface area contributed by atoms with Crippen molar-refractivity contribution < 1.29 is 24.1 Å². The SMILES string of the molecule is Nc1cc(C(=O)OCCc2ccc(OC3CCCCO3)cc2)c2ccccc2c1O. The molecule has 1 heterocycles. The molecule has 0 radical (unpaired) electrons. The van der Waals surface area contributed by atoms with Gasteiger partial charge in [-0.2, -0.15) is 0 Å². The highest BCUT2D eigenvalue weighted by Crippen LogP contribution is 2.33. The van der Waals surface area contributed by atoms with E-state index in [0.717, 1.165) is 37.2 Å². The van der Waals surface area contributed by atoms with Crippen molar-refractivity contribution in [3.63, 3.8) is 0 Å². The second-order valence-electron chi connectivity index (χ2n) is 7.35. The van der Waals surface area contributed by atoms with Crippen molar-refractivity contribution in [1.29, 1.82) is 0 Å². The Hall–Kier alpha value is -3.25. The van der Waals surface area contributed by atoms with Crippen molar-refractivity contribution in [2.24, 2.45) is 0 Å². The molecule has 1 aliphatic heterocycles. The lowest BCUT2D eigenvalue weighted by Crippen LogP contribution is -2.24. The molecule has 0 aliphatic carbocycles. The van der Waals surface area contributed by atoms with Gasteiger partial charge in [-0.05, 0) is 36.6 Å². The zero-order chi connectivity index (χ0) is 20.9. The molecule has 1 saturated heterocycles. The van der Waals surface area contributed by atoms with Crippen LogP contribution in [0.4, 0.5) is 5.69 Å². The van der Waals surface area contributed by atoms with E-state index < -0.39 is 5.97 Å². The largest absolute Gasteiger partial charge is 0.505 e. The summed E-state index contributed by atoms with van der Waals surface area (Å²) in [6.07, 6.45) is 3.53. The molecule has 6 heteroatoms. The van der Waals surface area contributed by atoms with Crippen LogP contribution >= 0.6 is 0 Å². The van der Waals surface area contributed by atoms with Gasteiger partial charge in [0.1, 0.15) is 11.5 Å². The Morgan fingerprint density at radius 3 is 2.60 bits per heavy atom. The van der Waals surface area contributed by atoms with Crippen LogP contribution in [0.3, 0.4) is 0 Å². The highest BCUT2D eigenvalue weighted by molar-refractivity contribution is 6.08. The fourth-order valence-corrected chi connectivity index (χ4v) is 3.58. The number of benzene rings is 3. The minimum atomic E-state index is -0.465. The van der Waals surface area contributed by atoms with E-state index in [2.05, 4.69) is 0 Å². The third-order valence-electron chi connectivity index (χ3n) is 5.22. The van der Waals surface area contributed by atoms with Crippen LogP contribution in [0.25, 0.3) is 10.8 Å². The molecule has 0 bridgehead atoms. The molecular formula is C24H25NO5. The van der Waals surface area contributed by atoms with E-state index in [0.29, 0.717) is 22.8 Å². The van der Waals surface area contributed by atoms with Gasteiger partial charge in [0.2, 0.25) is 0 Å². The van der Waals surface area contributed by atoms with E-state index in [1.54, 1.807) is 24.3 Å². The number of rotatable bonds is 6. The van der Waals surface area contributed by atoms with Gasteiger partial charge in [-0.25, -0.2) is 4.79 Å². The average Bonchev–Trinajstić information content (AvgIpc) is 2.78. The van der Waals surface area contributed by atoms with Crippen molar-refractivity contribution >= 4 is 22.4 Å². The minimum absolute atomic E-state index is 0.0249. The third-order valence-corrected chi connectivity index (χ3v) is 5.22. The minimum Gasteiger partial charge on any atom is -0.505 e. The van der Waals surface area contributed by atoms with Gasteiger partial charge in [0.25, 0.3) is 0 Å². The Bertz CT molecular complexity index is 1030. The zero-order valence-corrected chi connectivity index (χ0v) is 16.7. The van der Waals surface area contributed by atoms with Crippen LogP contribution in [0.5, 0.6) is 11.5 Å². The monoisotopic (exact) mass is 407 g/mol. The van der Waals surface area contributed by atoms with Gasteiger partial charge in [-0.3, -0.25) is 0 Å². The summed E-state index contributed by atoms with van der Waals surface area (Å²) >= 11 is 0. The number of aromatic hydroxyl groups is 1. The van der Waals surface area contributed by atoms with Crippen LogP contribution in [0.15, 0.2) is 54.6 Å². The molecule has 3 aromatic rings. The summed E-state index contributed by atoms with van der Waals surface area (Å²) < 4.78 is 16.9. The molecule has 6 nitrogen and oxygen atoms in total. The van der Waals surface area contributed by atoms with E-state index in [-0.39, 0.29) is 24.3 Å². The molecule has 3 aromatic carbocycles. The van der Waals surface area contributed by atoms with Gasteiger partial charge in [0.05, 0.1) is 24.5 Å². The lowest BCUT2D eigenvalue weighted by atomic mass is 10.0. The number of fused-ring (bicyclic) bond motifs is 1. The summed E-state index contributed by atoms with van der Waals surface area (Å²) in [5.41, 5.74) is 7.38. The number of anilines is 1. The molecule has 0 amide bonds. The standard InChI is InChI=1S/C24H25NO5/c25-21-15-20(18-5-1-2-6-19(18)23(21)26)24(27)29-14-12-16-8-10-17(11-9-16)30-22-7-3-4-13-28-22/h1-2,5-6,8-11,15,22,26H,3-4,7,12-14,25H2. The van der Waals surface area contributed by atoms with E-state index in [1.807, 2.05) is 24.3 Å². The van der Waals surface area contributed by atoms with Crippen molar-refractivity contribution in [3.8, 4) is 11.5 Å². The topological polar surface area (TPSA) is 91.0 Å². The first-order valence-corrected chi connectivity index (χ1v) is 10.2. The Morgan fingerprint density at radius 1 is 1.10 bits per heavy atom. The molecular weight excluding hydrogens is 382 g/mol. The molecule has 1 aliphatic rings. The normalized spacial score (nSPS) is 16.3. The van der Waals surface area contributed by atoms with Gasteiger partial charge < -0.3 is 25.1 Å². The van der Waals surface area contributed by atoms with Crippen LogP contribution in [-0.2, 0) is 15.9 Å². The number of hydrogen-bond donors (Lipinski definition) is 2. The Labute approximate surface area is 175 Å². The maximum atomic E-state index is 12.6. The van der Waals surface area contributed by atoms with Crippen molar-refractivity contribution in [3.05, 3.63) is 65.7 Å². The van der Waals surface area contributed by atoms with E-state index in [9.17, 15) is 9.90 Å². The lowest BCUT2D eigenvalue weighted by molar-refractivity contribution is -0.105. The van der Waals surface area contributed by atoms with Crippen LogP contribution < -0.4 is 10.5 Å². The van der Waals surface area contributed by atoms with Gasteiger partial charge in [-0.15, -0.1) is 0 Å². The summed E-state index contributed by atoms with van der Waals surface area (Å²) in [6, 6.07) is 16.3. The molecule has 1 atom stereocenters. The molecule has 0 spiro atoms. The van der Waals surface area contributed by atoms with Crippen LogP contribution in [0.2, 0.25) is 0 Å². The molecule has 3 N–H and O–H groups in total. The first-order valence-electron chi connectivity index (χ1n) is 10.2. The maximum absolute atomic E-state index is 12.6. The number of carbonyl (C=O) groups excluding carboxylic acids is 1.